The summed E-state index contributed by atoms with van der Waals surface area (Å²) in [6.07, 6.45) is 3.93. The summed E-state index contributed by atoms with van der Waals surface area (Å²) in [5, 5.41) is 3.10. The van der Waals surface area contributed by atoms with E-state index in [0.29, 0.717) is 18.2 Å². The molecule has 0 saturated carbocycles. The number of anilines is 1. The fraction of sp³-hybridized carbons (Fsp3) is 0.571. The van der Waals surface area contributed by atoms with Crippen molar-refractivity contribution in [1.29, 1.82) is 0 Å². The van der Waals surface area contributed by atoms with Crippen molar-refractivity contribution in [3.8, 4) is 0 Å². The van der Waals surface area contributed by atoms with Crippen molar-refractivity contribution in [2.24, 2.45) is 0 Å². The van der Waals surface area contributed by atoms with Crippen molar-refractivity contribution >= 4 is 36.4 Å². The first kappa shape index (κ1) is 20.0. The molecule has 120 valence electrons. The van der Waals surface area contributed by atoms with E-state index in [-0.39, 0.29) is 36.8 Å². The second-order valence-electron chi connectivity index (χ2n) is 5.38. The standard InChI is InChI=1S/C14H22N4O.2ClH/c1-10-7-13(5-6-18(10)2)17-14(19)8-12-4-3-11(15)9-16-12;;/h3-4,9-10,13H,5-8,15H2,1-2H3,(H,17,19);2*1H. The molecule has 1 saturated heterocycles. The highest BCUT2D eigenvalue weighted by Crippen LogP contribution is 2.15. The lowest BCUT2D eigenvalue weighted by molar-refractivity contribution is -0.121. The van der Waals surface area contributed by atoms with Gasteiger partial charge in [0, 0.05) is 24.3 Å². The first-order valence-electron chi connectivity index (χ1n) is 6.74. The number of nitrogens with two attached hydrogens (primary N) is 1. The van der Waals surface area contributed by atoms with Gasteiger partial charge in [-0.2, -0.15) is 0 Å². The molecule has 1 amide bonds. The first-order chi connectivity index (χ1) is 9.04. The van der Waals surface area contributed by atoms with Gasteiger partial charge in [-0.1, -0.05) is 0 Å². The Morgan fingerprint density at radius 1 is 1.48 bits per heavy atom. The summed E-state index contributed by atoms with van der Waals surface area (Å²) in [5.74, 6) is 0.0408. The SMILES string of the molecule is CC1CC(NC(=O)Cc2ccc(N)cn2)CCN1C.Cl.Cl. The van der Waals surface area contributed by atoms with Crippen LogP contribution in [0, 0.1) is 0 Å². The Labute approximate surface area is 138 Å². The number of carbonyl (C=O) groups excluding carboxylic acids is 1. The number of likely N-dealkylation sites (tertiary alicyclic amines) is 1. The molecule has 0 bridgehead atoms. The molecular formula is C14H24Cl2N4O. The molecule has 2 heterocycles. The summed E-state index contributed by atoms with van der Waals surface area (Å²) < 4.78 is 0. The maximum Gasteiger partial charge on any atom is 0.226 e. The number of carbonyl (C=O) groups is 1. The molecule has 0 aromatic carbocycles. The number of rotatable bonds is 3. The average Bonchev–Trinajstić information content (AvgIpc) is 2.37. The predicted octanol–water partition coefficient (Wildman–Crippen LogP) is 1.65. The minimum Gasteiger partial charge on any atom is -0.397 e. The molecule has 21 heavy (non-hydrogen) atoms. The summed E-state index contributed by atoms with van der Waals surface area (Å²) in [7, 11) is 2.13. The van der Waals surface area contributed by atoms with Crippen molar-refractivity contribution in [2.75, 3.05) is 19.3 Å². The van der Waals surface area contributed by atoms with Gasteiger partial charge in [0.1, 0.15) is 0 Å². The average molecular weight is 335 g/mol. The van der Waals surface area contributed by atoms with Crippen LogP contribution in [0.3, 0.4) is 0 Å². The zero-order valence-corrected chi connectivity index (χ0v) is 14.0. The largest absolute Gasteiger partial charge is 0.397 e. The Balaban J connectivity index is 0.00000200. The molecular weight excluding hydrogens is 311 g/mol. The molecule has 1 aromatic rings. The molecule has 2 atom stereocenters. The highest BCUT2D eigenvalue weighted by atomic mass is 35.5. The Hall–Kier alpha value is -1.04. The molecule has 0 aliphatic carbocycles. The zero-order chi connectivity index (χ0) is 13.8. The number of nitrogens with one attached hydrogen (secondary N) is 1. The van der Waals surface area contributed by atoms with Crippen LogP contribution in [-0.4, -0.2) is 41.5 Å². The Kier molecular flexibility index (Phi) is 8.63. The number of nitrogens with zero attached hydrogens (tertiary/aromatic N) is 2. The Morgan fingerprint density at radius 2 is 2.19 bits per heavy atom. The molecule has 0 radical (unpaired) electrons. The van der Waals surface area contributed by atoms with E-state index >= 15 is 0 Å². The summed E-state index contributed by atoms with van der Waals surface area (Å²) >= 11 is 0. The van der Waals surface area contributed by atoms with E-state index in [4.69, 9.17) is 5.73 Å². The summed E-state index contributed by atoms with van der Waals surface area (Å²) in [4.78, 5) is 18.4. The third-order valence-electron chi connectivity index (χ3n) is 3.76. The van der Waals surface area contributed by atoms with Crippen LogP contribution in [0.4, 0.5) is 5.69 Å². The number of piperidine rings is 1. The lowest BCUT2D eigenvalue weighted by Gasteiger charge is -2.35. The molecule has 7 heteroatoms. The number of hydrogen-bond acceptors (Lipinski definition) is 4. The molecule has 1 fully saturated rings. The second kappa shape index (κ2) is 9.07. The van der Waals surface area contributed by atoms with Crippen molar-refractivity contribution in [2.45, 2.75) is 38.3 Å². The van der Waals surface area contributed by atoms with Gasteiger partial charge in [-0.3, -0.25) is 9.78 Å². The maximum atomic E-state index is 12.0. The number of aromatic nitrogens is 1. The molecule has 2 rings (SSSR count). The van der Waals surface area contributed by atoms with Gasteiger partial charge in [0.15, 0.2) is 0 Å². The number of nitrogen functional groups attached to an aromatic ring is 1. The first-order valence-corrected chi connectivity index (χ1v) is 6.74. The molecule has 3 N–H and O–H groups in total. The van der Waals surface area contributed by atoms with Crippen molar-refractivity contribution in [3.63, 3.8) is 0 Å². The van der Waals surface area contributed by atoms with E-state index in [1.165, 1.54) is 0 Å². The molecule has 1 aliphatic rings. The minimum atomic E-state index is 0. The van der Waals surface area contributed by atoms with Gasteiger partial charge in [0.2, 0.25) is 5.91 Å². The van der Waals surface area contributed by atoms with Gasteiger partial charge < -0.3 is 16.0 Å². The monoisotopic (exact) mass is 334 g/mol. The van der Waals surface area contributed by atoms with Crippen LogP contribution in [-0.2, 0) is 11.2 Å². The summed E-state index contributed by atoms with van der Waals surface area (Å²) in [6, 6.07) is 4.38. The van der Waals surface area contributed by atoms with E-state index < -0.39 is 0 Å². The van der Waals surface area contributed by atoms with E-state index in [2.05, 4.69) is 29.2 Å². The van der Waals surface area contributed by atoms with Gasteiger partial charge in [-0.25, -0.2) is 0 Å². The lowest BCUT2D eigenvalue weighted by Crippen LogP contribution is -2.47. The van der Waals surface area contributed by atoms with E-state index in [1.54, 1.807) is 18.3 Å². The maximum absolute atomic E-state index is 12.0. The topological polar surface area (TPSA) is 71.2 Å². The number of pyridine rings is 1. The van der Waals surface area contributed by atoms with Crippen LogP contribution in [0.1, 0.15) is 25.5 Å². The highest BCUT2D eigenvalue weighted by molar-refractivity contribution is 5.85. The molecule has 2 unspecified atom stereocenters. The second-order valence-corrected chi connectivity index (χ2v) is 5.38. The van der Waals surface area contributed by atoms with Gasteiger partial charge in [-0.15, -0.1) is 24.8 Å². The fourth-order valence-corrected chi connectivity index (χ4v) is 2.40. The number of hydrogen-bond donors (Lipinski definition) is 2. The highest BCUT2D eigenvalue weighted by Gasteiger charge is 2.23. The zero-order valence-electron chi connectivity index (χ0n) is 12.4. The smallest absolute Gasteiger partial charge is 0.226 e. The predicted molar refractivity (Wildman–Crippen MR) is 90.1 cm³/mol. The minimum absolute atomic E-state index is 0. The van der Waals surface area contributed by atoms with Crippen LogP contribution in [0.5, 0.6) is 0 Å². The third-order valence-corrected chi connectivity index (χ3v) is 3.76. The van der Waals surface area contributed by atoms with Crippen LogP contribution < -0.4 is 11.1 Å². The van der Waals surface area contributed by atoms with E-state index in [0.717, 1.165) is 25.1 Å². The number of halogens is 2. The van der Waals surface area contributed by atoms with Crippen molar-refractivity contribution in [3.05, 3.63) is 24.0 Å². The van der Waals surface area contributed by atoms with E-state index in [9.17, 15) is 4.79 Å². The van der Waals surface area contributed by atoms with E-state index in [1.807, 2.05) is 0 Å². The Bertz CT molecular complexity index is 441. The van der Waals surface area contributed by atoms with Crippen LogP contribution in [0.2, 0.25) is 0 Å². The normalized spacial score (nSPS) is 21.8. The quantitative estimate of drug-likeness (QED) is 0.881. The summed E-state index contributed by atoms with van der Waals surface area (Å²) in [5.41, 5.74) is 6.94. The van der Waals surface area contributed by atoms with Crippen molar-refractivity contribution < 1.29 is 4.79 Å². The van der Waals surface area contributed by atoms with Crippen LogP contribution >= 0.6 is 24.8 Å². The van der Waals surface area contributed by atoms with Gasteiger partial charge >= 0.3 is 0 Å². The molecule has 0 spiro atoms. The lowest BCUT2D eigenvalue weighted by atomic mass is 9.99. The van der Waals surface area contributed by atoms with Gasteiger partial charge in [0.25, 0.3) is 0 Å². The van der Waals surface area contributed by atoms with Crippen molar-refractivity contribution in [1.82, 2.24) is 15.2 Å². The summed E-state index contributed by atoms with van der Waals surface area (Å²) in [6.45, 7) is 3.23. The molecule has 1 aliphatic heterocycles. The number of amides is 1. The van der Waals surface area contributed by atoms with Crippen LogP contribution in [0.25, 0.3) is 0 Å². The molecule has 1 aromatic heterocycles. The molecule has 5 nitrogen and oxygen atoms in total. The van der Waals surface area contributed by atoms with Gasteiger partial charge in [-0.05, 0) is 38.9 Å². The third kappa shape index (κ3) is 6.08. The Morgan fingerprint density at radius 3 is 2.76 bits per heavy atom. The van der Waals surface area contributed by atoms with Crippen LogP contribution in [0.15, 0.2) is 18.3 Å². The van der Waals surface area contributed by atoms with Gasteiger partial charge in [0.05, 0.1) is 18.3 Å². The fourth-order valence-electron chi connectivity index (χ4n) is 2.40.